The minimum atomic E-state index is -4.38. The first-order valence-corrected chi connectivity index (χ1v) is 12.9. The van der Waals surface area contributed by atoms with E-state index in [0.29, 0.717) is 12.0 Å². The van der Waals surface area contributed by atoms with Gasteiger partial charge in [-0.05, 0) is 61.8 Å². The van der Waals surface area contributed by atoms with E-state index in [4.69, 9.17) is 0 Å². The number of nitrogens with one attached hydrogen (secondary N) is 2. The summed E-state index contributed by atoms with van der Waals surface area (Å²) in [6.07, 6.45) is 2.68. The van der Waals surface area contributed by atoms with Gasteiger partial charge in [0, 0.05) is 25.8 Å². The minimum Gasteiger partial charge on any atom is -0.356 e. The van der Waals surface area contributed by atoms with E-state index in [2.05, 4.69) is 24.6 Å². The van der Waals surface area contributed by atoms with E-state index in [1.807, 2.05) is 19.3 Å². The predicted octanol–water partition coefficient (Wildman–Crippen LogP) is 4.13. The topological polar surface area (TPSA) is 91.0 Å². The predicted molar refractivity (Wildman–Crippen MR) is 125 cm³/mol. The first-order chi connectivity index (χ1) is 16.1. The van der Waals surface area contributed by atoms with Crippen molar-refractivity contribution in [2.45, 2.75) is 44.3 Å². The Kier molecular flexibility index (Phi) is 7.13. The van der Waals surface area contributed by atoms with Crippen molar-refractivity contribution in [3.05, 3.63) is 54.0 Å². The third kappa shape index (κ3) is 5.87. The average Bonchev–Trinajstić information content (AvgIpc) is 3.27. The molecule has 1 fully saturated rings. The minimum absolute atomic E-state index is 0.0615. The number of hydrogen-bond donors (Lipinski definition) is 2. The van der Waals surface area contributed by atoms with Crippen molar-refractivity contribution in [3.63, 3.8) is 0 Å². The van der Waals surface area contributed by atoms with Gasteiger partial charge in [0.15, 0.2) is 0 Å². The summed E-state index contributed by atoms with van der Waals surface area (Å²) in [5, 5.41) is 0.965. The Morgan fingerprint density at radius 2 is 1.79 bits per heavy atom. The van der Waals surface area contributed by atoms with E-state index >= 15 is 0 Å². The number of aromatic nitrogens is 3. The van der Waals surface area contributed by atoms with E-state index in [9.17, 15) is 21.6 Å². The van der Waals surface area contributed by atoms with Crippen molar-refractivity contribution >= 4 is 26.9 Å². The van der Waals surface area contributed by atoms with Gasteiger partial charge in [-0.15, -0.1) is 0 Å². The third-order valence-electron chi connectivity index (χ3n) is 6.50. The Balaban J connectivity index is 1.24. The summed E-state index contributed by atoms with van der Waals surface area (Å²) in [7, 11) is -1.45. The SMILES string of the molecule is CN(c1ncnc2[nH]ccc12)[C@H]1CC[C@H](CS(=O)(=O)NCCc2ccc(C(F)(F)F)cc2)CC1. The van der Waals surface area contributed by atoms with Crippen LogP contribution in [0.5, 0.6) is 0 Å². The number of fused-ring (bicyclic) bond motifs is 1. The second-order valence-corrected chi connectivity index (χ2v) is 10.7. The molecule has 2 N–H and O–H groups in total. The van der Waals surface area contributed by atoms with Gasteiger partial charge in [-0.3, -0.25) is 0 Å². The average molecular weight is 496 g/mol. The number of anilines is 1. The number of halogens is 3. The molecule has 1 aromatic carbocycles. The van der Waals surface area contributed by atoms with Crippen LogP contribution in [0.1, 0.15) is 36.8 Å². The molecule has 0 aliphatic heterocycles. The summed E-state index contributed by atoms with van der Waals surface area (Å²) < 4.78 is 65.6. The normalized spacial score (nSPS) is 19.4. The summed E-state index contributed by atoms with van der Waals surface area (Å²) in [6, 6.07) is 7.03. The largest absolute Gasteiger partial charge is 0.416 e. The summed E-state index contributed by atoms with van der Waals surface area (Å²) in [5.41, 5.74) is 0.731. The van der Waals surface area contributed by atoms with Crippen LogP contribution in [0.3, 0.4) is 0 Å². The first-order valence-electron chi connectivity index (χ1n) is 11.3. The van der Waals surface area contributed by atoms with Crippen molar-refractivity contribution in [3.8, 4) is 0 Å². The number of benzene rings is 1. The zero-order valence-corrected chi connectivity index (χ0v) is 19.7. The molecule has 1 aliphatic carbocycles. The second kappa shape index (κ2) is 9.91. The molecule has 7 nitrogen and oxygen atoms in total. The lowest BCUT2D eigenvalue weighted by atomic mass is 9.86. The van der Waals surface area contributed by atoms with Crippen LogP contribution in [-0.2, 0) is 22.6 Å². The smallest absolute Gasteiger partial charge is 0.356 e. The highest BCUT2D eigenvalue weighted by Gasteiger charge is 2.30. The molecule has 0 unspecified atom stereocenters. The number of H-pyrrole nitrogens is 1. The fourth-order valence-electron chi connectivity index (χ4n) is 4.59. The van der Waals surface area contributed by atoms with Gasteiger partial charge in [0.25, 0.3) is 0 Å². The summed E-state index contributed by atoms with van der Waals surface area (Å²) >= 11 is 0. The molecule has 0 amide bonds. The van der Waals surface area contributed by atoms with Gasteiger partial charge in [0.1, 0.15) is 17.8 Å². The maximum Gasteiger partial charge on any atom is 0.416 e. The molecule has 0 radical (unpaired) electrons. The summed E-state index contributed by atoms with van der Waals surface area (Å²) in [4.78, 5) is 13.9. The van der Waals surface area contributed by atoms with E-state index in [1.54, 1.807) is 6.33 Å². The van der Waals surface area contributed by atoms with Gasteiger partial charge in [0.2, 0.25) is 10.0 Å². The van der Waals surface area contributed by atoms with Crippen molar-refractivity contribution in [2.75, 3.05) is 24.2 Å². The van der Waals surface area contributed by atoms with Crippen molar-refractivity contribution in [2.24, 2.45) is 5.92 Å². The van der Waals surface area contributed by atoms with Crippen LogP contribution in [0.4, 0.5) is 19.0 Å². The molecule has 2 heterocycles. The standard InChI is InChI=1S/C23H28F3N5O2S/c1-31(22-20-11-12-27-21(20)28-15-29-22)19-8-4-17(5-9-19)14-34(32,33)30-13-10-16-2-6-18(7-3-16)23(24,25)26/h2-3,6-7,11-12,15,17,19,30H,4-5,8-10,13-14H2,1H3,(H,27,28,29)/t17-,19-. The molecule has 1 aliphatic rings. The number of nitrogens with zero attached hydrogens (tertiary/aromatic N) is 3. The molecule has 0 atom stereocenters. The molecule has 0 spiro atoms. The van der Waals surface area contributed by atoms with Crippen LogP contribution in [-0.4, -0.2) is 48.8 Å². The number of aromatic amines is 1. The van der Waals surface area contributed by atoms with E-state index in [0.717, 1.165) is 54.7 Å². The van der Waals surface area contributed by atoms with Gasteiger partial charge < -0.3 is 9.88 Å². The molecule has 4 rings (SSSR count). The molecular formula is C23H28F3N5O2S. The lowest BCUT2D eigenvalue weighted by molar-refractivity contribution is -0.137. The molecule has 184 valence electrons. The van der Waals surface area contributed by atoms with Crippen molar-refractivity contribution < 1.29 is 21.6 Å². The van der Waals surface area contributed by atoms with Crippen LogP contribution in [0.2, 0.25) is 0 Å². The van der Waals surface area contributed by atoms with Gasteiger partial charge in [-0.1, -0.05) is 12.1 Å². The second-order valence-electron chi connectivity index (χ2n) is 8.84. The molecular weight excluding hydrogens is 467 g/mol. The van der Waals surface area contributed by atoms with E-state index in [-0.39, 0.29) is 24.3 Å². The van der Waals surface area contributed by atoms with Crippen molar-refractivity contribution in [1.82, 2.24) is 19.7 Å². The maximum atomic E-state index is 12.7. The number of hydrogen-bond acceptors (Lipinski definition) is 5. The summed E-state index contributed by atoms with van der Waals surface area (Å²) in [6.45, 7) is 0.159. The van der Waals surface area contributed by atoms with Crippen LogP contribution >= 0.6 is 0 Å². The fourth-order valence-corrected chi connectivity index (χ4v) is 6.08. The number of alkyl halides is 3. The zero-order chi connectivity index (χ0) is 24.3. The van der Waals surface area contributed by atoms with Gasteiger partial charge >= 0.3 is 6.18 Å². The molecule has 34 heavy (non-hydrogen) atoms. The molecule has 0 bridgehead atoms. The molecule has 1 saturated carbocycles. The monoisotopic (exact) mass is 495 g/mol. The van der Waals surface area contributed by atoms with Gasteiger partial charge in [-0.2, -0.15) is 13.2 Å². The number of rotatable bonds is 8. The Hall–Kier alpha value is -2.66. The Morgan fingerprint density at radius 1 is 1.09 bits per heavy atom. The molecule has 2 aromatic heterocycles. The van der Waals surface area contributed by atoms with Gasteiger partial charge in [0.05, 0.1) is 16.7 Å². The highest BCUT2D eigenvalue weighted by atomic mass is 32.2. The van der Waals surface area contributed by atoms with Crippen LogP contribution in [0.25, 0.3) is 11.0 Å². The summed E-state index contributed by atoms with van der Waals surface area (Å²) in [5.74, 6) is 1.00. The Morgan fingerprint density at radius 3 is 2.47 bits per heavy atom. The Bertz CT molecular complexity index is 1200. The van der Waals surface area contributed by atoms with Crippen LogP contribution in [0.15, 0.2) is 42.9 Å². The molecule has 0 saturated heterocycles. The fraction of sp³-hybridized carbons (Fsp3) is 0.478. The third-order valence-corrected chi connectivity index (χ3v) is 8.06. The highest BCUT2D eigenvalue weighted by molar-refractivity contribution is 7.89. The molecule has 11 heteroatoms. The van der Waals surface area contributed by atoms with E-state index < -0.39 is 21.8 Å². The van der Waals surface area contributed by atoms with Gasteiger partial charge in [-0.25, -0.2) is 23.1 Å². The lowest BCUT2D eigenvalue weighted by Crippen LogP contribution is -2.38. The lowest BCUT2D eigenvalue weighted by Gasteiger charge is -2.35. The number of sulfonamides is 1. The Labute approximate surface area is 196 Å². The van der Waals surface area contributed by atoms with Crippen LogP contribution in [0, 0.1) is 5.92 Å². The van der Waals surface area contributed by atoms with Crippen molar-refractivity contribution in [1.29, 1.82) is 0 Å². The van der Waals surface area contributed by atoms with E-state index in [1.165, 1.54) is 12.1 Å². The van der Waals surface area contributed by atoms with Crippen LogP contribution < -0.4 is 9.62 Å². The molecule has 3 aromatic rings. The highest BCUT2D eigenvalue weighted by Crippen LogP contribution is 2.32. The zero-order valence-electron chi connectivity index (χ0n) is 18.8. The first kappa shape index (κ1) is 24.5. The maximum absolute atomic E-state index is 12.7. The quantitative estimate of drug-likeness (QED) is 0.490.